The van der Waals surface area contributed by atoms with Gasteiger partial charge < -0.3 is 5.32 Å². The zero-order valence-corrected chi connectivity index (χ0v) is 11.3. The minimum Gasteiger partial charge on any atom is -0.336 e. The lowest BCUT2D eigenvalue weighted by Crippen LogP contribution is -2.38. The molecular weight excluding hydrogens is 274 g/mol. The number of nitrogens with one attached hydrogen (secondary N) is 1. The van der Waals surface area contributed by atoms with Crippen LogP contribution in [0.2, 0.25) is 5.02 Å². The van der Waals surface area contributed by atoms with E-state index >= 15 is 0 Å². The molecule has 0 unspecified atom stereocenters. The molecule has 1 fully saturated rings. The Hall–Kier alpha value is -1.27. The minimum absolute atomic E-state index is 0.202. The van der Waals surface area contributed by atoms with E-state index in [0.29, 0.717) is 23.1 Å². The van der Waals surface area contributed by atoms with E-state index in [1.165, 1.54) is 22.9 Å². The second kappa shape index (κ2) is 5.58. The number of nitrogens with zero attached hydrogens (tertiary/aromatic N) is 2. The normalized spacial score (nSPS) is 16.6. The van der Waals surface area contributed by atoms with Crippen molar-refractivity contribution in [2.24, 2.45) is 0 Å². The predicted octanol–water partition coefficient (Wildman–Crippen LogP) is 1.77. The predicted molar refractivity (Wildman–Crippen MR) is 69.7 cm³/mol. The van der Waals surface area contributed by atoms with Crippen LogP contribution in [0.25, 0.3) is 0 Å². The van der Waals surface area contributed by atoms with Crippen LogP contribution in [0.1, 0.15) is 6.92 Å². The zero-order chi connectivity index (χ0) is 13.1. The number of halogens is 1. The maximum Gasteiger partial charge on any atom is 0.324 e. The summed E-state index contributed by atoms with van der Waals surface area (Å²) < 4.78 is 0. The van der Waals surface area contributed by atoms with Crippen LogP contribution < -0.4 is 5.32 Å². The molecule has 0 bridgehead atoms. The standard InChI is InChI=1S/C11H12ClN3O2S/c1-7(10(16)15-5-4-13-11(15)17)18-9-3-2-8(12)6-14-9/h2-3,6-7H,4-5H2,1H3,(H,13,17)/t7-/m0/s1. The lowest BCUT2D eigenvalue weighted by atomic mass is 10.4. The number of rotatable bonds is 3. The average molecular weight is 286 g/mol. The Kier molecular flexibility index (Phi) is 4.08. The van der Waals surface area contributed by atoms with E-state index in [9.17, 15) is 9.59 Å². The molecule has 96 valence electrons. The third-order valence-electron chi connectivity index (χ3n) is 2.47. The third kappa shape index (κ3) is 2.94. The van der Waals surface area contributed by atoms with Crippen LogP contribution in [0.3, 0.4) is 0 Å². The fourth-order valence-corrected chi connectivity index (χ4v) is 2.53. The molecular formula is C11H12ClN3O2S. The van der Waals surface area contributed by atoms with Crippen molar-refractivity contribution in [1.29, 1.82) is 0 Å². The summed E-state index contributed by atoms with van der Waals surface area (Å²) in [6, 6.07) is 3.15. The van der Waals surface area contributed by atoms with E-state index in [1.54, 1.807) is 19.1 Å². The summed E-state index contributed by atoms with van der Waals surface area (Å²) >= 11 is 7.04. The van der Waals surface area contributed by atoms with Crippen molar-refractivity contribution >= 4 is 35.3 Å². The van der Waals surface area contributed by atoms with Crippen molar-refractivity contribution < 1.29 is 9.59 Å². The number of hydrogen-bond acceptors (Lipinski definition) is 4. The first-order chi connectivity index (χ1) is 8.58. The van der Waals surface area contributed by atoms with Gasteiger partial charge in [0.25, 0.3) is 0 Å². The summed E-state index contributed by atoms with van der Waals surface area (Å²) in [5, 5.41) is 3.50. The zero-order valence-electron chi connectivity index (χ0n) is 9.72. The van der Waals surface area contributed by atoms with Crippen molar-refractivity contribution in [1.82, 2.24) is 15.2 Å². The number of urea groups is 1. The number of amides is 3. The molecule has 0 radical (unpaired) electrons. The molecule has 5 nitrogen and oxygen atoms in total. The molecule has 0 aromatic carbocycles. The number of aromatic nitrogens is 1. The summed E-state index contributed by atoms with van der Waals surface area (Å²) in [5.41, 5.74) is 0. The van der Waals surface area contributed by atoms with E-state index in [1.807, 2.05) is 0 Å². The summed E-state index contributed by atoms with van der Waals surface area (Å²) in [4.78, 5) is 28.7. The monoisotopic (exact) mass is 285 g/mol. The Balaban J connectivity index is 1.99. The summed E-state index contributed by atoms with van der Waals surface area (Å²) in [6.45, 7) is 2.70. The lowest BCUT2D eigenvalue weighted by molar-refractivity contribution is -0.126. The van der Waals surface area contributed by atoms with Gasteiger partial charge in [-0.05, 0) is 19.1 Å². The van der Waals surface area contributed by atoms with E-state index in [4.69, 9.17) is 11.6 Å². The highest BCUT2D eigenvalue weighted by molar-refractivity contribution is 8.00. The van der Waals surface area contributed by atoms with Crippen molar-refractivity contribution in [3.63, 3.8) is 0 Å². The first-order valence-corrected chi connectivity index (χ1v) is 6.71. The molecule has 0 spiro atoms. The first kappa shape index (κ1) is 13.2. The van der Waals surface area contributed by atoms with Gasteiger partial charge in [0.1, 0.15) is 0 Å². The molecule has 2 heterocycles. The van der Waals surface area contributed by atoms with Crippen LogP contribution in [0.4, 0.5) is 4.79 Å². The fourth-order valence-electron chi connectivity index (χ4n) is 1.56. The van der Waals surface area contributed by atoms with E-state index < -0.39 is 0 Å². The van der Waals surface area contributed by atoms with Crippen molar-refractivity contribution in [2.45, 2.75) is 17.2 Å². The SMILES string of the molecule is C[C@H](Sc1ccc(Cl)cn1)C(=O)N1CCNC1=O. The quantitative estimate of drug-likeness (QED) is 0.860. The van der Waals surface area contributed by atoms with Crippen LogP contribution in [-0.2, 0) is 4.79 Å². The molecule has 0 saturated carbocycles. The van der Waals surface area contributed by atoms with Gasteiger partial charge in [-0.1, -0.05) is 23.4 Å². The molecule has 1 aromatic rings. The lowest BCUT2D eigenvalue weighted by Gasteiger charge is -2.16. The maximum atomic E-state index is 12.0. The molecule has 2 rings (SSSR count). The molecule has 3 amide bonds. The van der Waals surface area contributed by atoms with Crippen molar-refractivity contribution in [3.05, 3.63) is 23.4 Å². The van der Waals surface area contributed by atoms with Crippen LogP contribution in [0, 0.1) is 0 Å². The van der Waals surface area contributed by atoms with Crippen LogP contribution in [-0.4, -0.2) is 40.2 Å². The summed E-state index contributed by atoms with van der Waals surface area (Å²) in [6.07, 6.45) is 1.53. The molecule has 1 saturated heterocycles. The Labute approximate surface area is 114 Å². The first-order valence-electron chi connectivity index (χ1n) is 5.45. The molecule has 7 heteroatoms. The Morgan fingerprint density at radius 2 is 2.39 bits per heavy atom. The van der Waals surface area contributed by atoms with Gasteiger partial charge in [0.2, 0.25) is 5.91 Å². The Bertz CT molecular complexity index is 466. The topological polar surface area (TPSA) is 62.3 Å². The van der Waals surface area contributed by atoms with E-state index in [0.717, 1.165) is 0 Å². The second-order valence-corrected chi connectivity index (χ2v) is 5.59. The molecule has 1 aliphatic heterocycles. The Morgan fingerprint density at radius 3 is 2.94 bits per heavy atom. The molecule has 1 N–H and O–H groups in total. The van der Waals surface area contributed by atoms with Gasteiger partial charge in [-0.3, -0.25) is 9.69 Å². The summed E-state index contributed by atoms with van der Waals surface area (Å²) in [5.74, 6) is -0.202. The number of carbonyl (C=O) groups excluding carboxylic acids is 2. The number of imide groups is 1. The minimum atomic E-state index is -0.359. The number of pyridine rings is 1. The highest BCUT2D eigenvalue weighted by Gasteiger charge is 2.30. The van der Waals surface area contributed by atoms with Crippen LogP contribution >= 0.6 is 23.4 Å². The molecule has 1 atom stereocenters. The highest BCUT2D eigenvalue weighted by atomic mass is 35.5. The number of carbonyl (C=O) groups is 2. The third-order valence-corrected chi connectivity index (χ3v) is 3.73. The number of thioether (sulfide) groups is 1. The Morgan fingerprint density at radius 1 is 1.61 bits per heavy atom. The molecule has 1 aliphatic rings. The van der Waals surface area contributed by atoms with Crippen molar-refractivity contribution in [3.8, 4) is 0 Å². The second-order valence-electron chi connectivity index (χ2n) is 3.80. The van der Waals surface area contributed by atoms with Gasteiger partial charge in [0.05, 0.1) is 15.3 Å². The van der Waals surface area contributed by atoms with Gasteiger partial charge in [-0.2, -0.15) is 0 Å². The smallest absolute Gasteiger partial charge is 0.324 e. The highest BCUT2D eigenvalue weighted by Crippen LogP contribution is 2.23. The van der Waals surface area contributed by atoms with E-state index in [-0.39, 0.29) is 17.2 Å². The van der Waals surface area contributed by atoms with Crippen molar-refractivity contribution in [2.75, 3.05) is 13.1 Å². The van der Waals surface area contributed by atoms with Gasteiger partial charge in [-0.15, -0.1) is 0 Å². The average Bonchev–Trinajstić information content (AvgIpc) is 2.77. The van der Waals surface area contributed by atoms with Gasteiger partial charge in [0, 0.05) is 19.3 Å². The maximum absolute atomic E-state index is 12.0. The van der Waals surface area contributed by atoms with E-state index in [2.05, 4.69) is 10.3 Å². The summed E-state index contributed by atoms with van der Waals surface area (Å²) in [7, 11) is 0. The van der Waals surface area contributed by atoms with Gasteiger partial charge in [-0.25, -0.2) is 9.78 Å². The largest absolute Gasteiger partial charge is 0.336 e. The van der Waals surface area contributed by atoms with Crippen LogP contribution in [0.15, 0.2) is 23.4 Å². The number of hydrogen-bond donors (Lipinski definition) is 1. The van der Waals surface area contributed by atoms with Gasteiger partial charge in [0.15, 0.2) is 0 Å². The fraction of sp³-hybridized carbons (Fsp3) is 0.364. The van der Waals surface area contributed by atoms with Gasteiger partial charge >= 0.3 is 6.03 Å². The van der Waals surface area contributed by atoms with Crippen LogP contribution in [0.5, 0.6) is 0 Å². The molecule has 1 aromatic heterocycles. The molecule has 18 heavy (non-hydrogen) atoms. The molecule has 0 aliphatic carbocycles.